The molecule has 0 spiro atoms. The Labute approximate surface area is 380 Å². The third-order valence-corrected chi connectivity index (χ3v) is 8.17. The minimum absolute atomic E-state index is 0.0436. The second-order valence-electron chi connectivity index (χ2n) is 12.6. The van der Waals surface area contributed by atoms with Gasteiger partial charge in [-0.05, 0) is 48.5 Å². The molecule has 0 aliphatic carbocycles. The highest BCUT2D eigenvalue weighted by Gasteiger charge is 2.53. The Morgan fingerprint density at radius 1 is 0.338 bits per heavy atom. The molecule has 0 heterocycles. The van der Waals surface area contributed by atoms with Crippen LogP contribution in [0.4, 0.5) is 119 Å². The number of carbonyl (C=O) groups is 3. The highest BCUT2D eigenvalue weighted by atomic mass is 79.9. The predicted molar refractivity (Wildman–Crippen MR) is 181 cm³/mol. The summed E-state index contributed by atoms with van der Waals surface area (Å²) in [7, 11) is 0. The van der Waals surface area contributed by atoms with Gasteiger partial charge in [0.2, 0.25) is 0 Å². The largest absolute Gasteiger partial charge is 0.508 e. The molecular weight excluding hydrogens is 1140 g/mol. The summed E-state index contributed by atoms with van der Waals surface area (Å²) in [5.41, 5.74) is -24.8. The first-order valence-electron chi connectivity index (χ1n) is 16.6. The quantitative estimate of drug-likeness (QED) is 0.150. The second kappa shape index (κ2) is 21.2. The Balaban J connectivity index is 0.000000475. The van der Waals surface area contributed by atoms with Crippen LogP contribution < -0.4 is 0 Å². The Morgan fingerprint density at radius 3 is 0.775 bits per heavy atom. The van der Waals surface area contributed by atoms with Crippen molar-refractivity contribution >= 4 is 33.8 Å². The monoisotopic (exact) mass is 1150 g/mol. The Hall–Kier alpha value is -6.32. The van der Waals surface area contributed by atoms with Crippen LogP contribution in [-0.4, -0.2) is 38.3 Å². The van der Waals surface area contributed by atoms with Gasteiger partial charge in [-0.15, -0.1) is 0 Å². The minimum Gasteiger partial charge on any atom is -0.508 e. The van der Waals surface area contributed by atoms with Crippen LogP contribution in [-0.2, 0) is 55.6 Å². The van der Waals surface area contributed by atoms with E-state index in [2.05, 4.69) is 15.9 Å². The van der Waals surface area contributed by atoms with Crippen molar-refractivity contribution in [2.75, 3.05) is 0 Å². The number of phenols is 1. The number of alkyl halides is 27. The normalized spacial score (nSPS) is 12.9. The smallest absolute Gasteiger partial charge is 0.417 e. The zero-order valence-corrected chi connectivity index (χ0v) is 34.0. The molecule has 0 atom stereocenters. The van der Waals surface area contributed by atoms with Crippen molar-refractivity contribution in [1.29, 1.82) is 0 Å². The lowest BCUT2D eigenvalue weighted by Gasteiger charge is -2.21. The molecule has 0 fully saturated rings. The SMILES string of the molecule is FC(F)(F)c1cc(Br)cc(C(F)(F)F)c1C(F)(F)F.FC(F)(F)c1cccc(C(F)(F)F)c1C(F)(F)F.O=C(O)c1cccc(C(=O)O)c1C(=O)O.Oc1cc(C(F)(F)F)c(C(F)(F)F)c(C(F)(F)F)c1. The van der Waals surface area contributed by atoms with Crippen LogP contribution in [0.25, 0.3) is 0 Å². The van der Waals surface area contributed by atoms with Crippen molar-refractivity contribution in [3.63, 3.8) is 0 Å². The summed E-state index contributed by atoms with van der Waals surface area (Å²) < 4.78 is 333. The van der Waals surface area contributed by atoms with Crippen molar-refractivity contribution < 1.29 is 153 Å². The van der Waals surface area contributed by atoms with Crippen molar-refractivity contribution in [2.45, 2.75) is 55.6 Å². The average molecular weight is 1150 g/mol. The number of aromatic carboxylic acids is 3. The van der Waals surface area contributed by atoms with Crippen LogP contribution in [0, 0.1) is 0 Å². The number of carboxylic acids is 3. The summed E-state index contributed by atoms with van der Waals surface area (Å²) in [5, 5.41) is 34.8. The standard InChI is InChI=1S/C9H2BrF9.C9H3F9O.C9H3F9.C9H6O6/c10-3-1-4(7(11,12)13)6(9(17,18)19)5(2-3)8(14,15)16;10-7(11,12)4-1-3(19)2-5(8(13,14)15)6(4)9(16,17)18;10-7(11,12)4-2-1-3-5(8(13,14)15)6(4)9(16,17)18;10-7(11)4-2-1-3-5(8(12)13)6(4)9(14)15/h1-2H;1-2,19H;1-3H;1-3H,(H,10,11)(H,12,13)(H,14,15). The van der Waals surface area contributed by atoms with Gasteiger partial charge in [0.1, 0.15) is 5.75 Å². The zero-order valence-electron chi connectivity index (χ0n) is 32.4. The molecule has 0 amide bonds. The molecule has 0 radical (unpaired) electrons. The summed E-state index contributed by atoms with van der Waals surface area (Å²) in [6.45, 7) is 0. The van der Waals surface area contributed by atoms with Crippen LogP contribution in [0.3, 0.4) is 0 Å². The molecule has 0 saturated heterocycles. The fourth-order valence-electron chi connectivity index (χ4n) is 5.21. The number of hydrogen-bond acceptors (Lipinski definition) is 4. The molecular formula is C36H14BrF27O7. The van der Waals surface area contributed by atoms with Crippen molar-refractivity contribution in [3.8, 4) is 5.75 Å². The average Bonchev–Trinajstić information content (AvgIpc) is 3.14. The number of halogens is 28. The summed E-state index contributed by atoms with van der Waals surface area (Å²) >= 11 is 2.33. The molecule has 0 aliphatic rings. The number of benzene rings is 4. The van der Waals surface area contributed by atoms with Gasteiger partial charge in [0.25, 0.3) is 0 Å². The van der Waals surface area contributed by atoms with E-state index in [-0.39, 0.29) is 30.3 Å². The molecule has 0 aromatic heterocycles. The molecule has 7 nitrogen and oxygen atoms in total. The first-order valence-corrected chi connectivity index (χ1v) is 17.4. The van der Waals surface area contributed by atoms with Gasteiger partial charge in [-0.2, -0.15) is 119 Å². The maximum atomic E-state index is 12.5. The number of aromatic hydroxyl groups is 1. The Bertz CT molecular complexity index is 2350. The molecule has 0 aliphatic heterocycles. The Morgan fingerprint density at radius 2 is 0.563 bits per heavy atom. The van der Waals surface area contributed by atoms with E-state index in [4.69, 9.17) is 20.4 Å². The van der Waals surface area contributed by atoms with E-state index in [1.807, 2.05) is 0 Å². The highest BCUT2D eigenvalue weighted by Crippen LogP contribution is 2.50. The lowest BCUT2D eigenvalue weighted by atomic mass is 9.99. The molecule has 4 aromatic rings. The van der Waals surface area contributed by atoms with Gasteiger partial charge in [-0.1, -0.05) is 28.1 Å². The van der Waals surface area contributed by atoms with Crippen LogP contribution in [0.5, 0.6) is 5.75 Å². The topological polar surface area (TPSA) is 132 Å². The molecule has 4 rings (SSSR count). The zero-order chi connectivity index (χ0) is 56.4. The van der Waals surface area contributed by atoms with E-state index in [1.165, 1.54) is 6.07 Å². The lowest BCUT2D eigenvalue weighted by Crippen LogP contribution is -2.23. The molecule has 35 heteroatoms. The molecule has 4 aromatic carbocycles. The fourth-order valence-corrected chi connectivity index (χ4v) is 5.67. The number of hydrogen-bond donors (Lipinski definition) is 4. The summed E-state index contributed by atoms with van der Waals surface area (Å²) in [5.74, 6) is -6.09. The lowest BCUT2D eigenvalue weighted by molar-refractivity contribution is -0.174. The van der Waals surface area contributed by atoms with Gasteiger partial charge in [0, 0.05) is 4.47 Å². The summed E-state index contributed by atoms with van der Waals surface area (Å²) in [6.07, 6.45) is -51.0. The maximum Gasteiger partial charge on any atom is 0.417 e. The van der Waals surface area contributed by atoms with E-state index in [0.29, 0.717) is 0 Å². The summed E-state index contributed by atoms with van der Waals surface area (Å²) in [6, 6.07) is 2.55. The third kappa shape index (κ3) is 16.9. The molecule has 0 saturated carbocycles. The van der Waals surface area contributed by atoms with Crippen LogP contribution in [0.1, 0.15) is 81.1 Å². The second-order valence-corrected chi connectivity index (χ2v) is 13.6. The molecule has 0 unspecified atom stereocenters. The fraction of sp³-hybridized carbons (Fsp3) is 0.250. The number of phenolic OH excluding ortho intramolecular Hbond substituents is 1. The van der Waals surface area contributed by atoms with Gasteiger partial charge in [-0.3, -0.25) is 0 Å². The third-order valence-electron chi connectivity index (χ3n) is 7.71. The summed E-state index contributed by atoms with van der Waals surface area (Å²) in [4.78, 5) is 32.0. The van der Waals surface area contributed by atoms with E-state index in [1.54, 1.807) is 0 Å². The van der Waals surface area contributed by atoms with Crippen molar-refractivity contribution in [2.24, 2.45) is 0 Å². The number of rotatable bonds is 3. The van der Waals surface area contributed by atoms with E-state index < -0.39 is 163 Å². The van der Waals surface area contributed by atoms with E-state index >= 15 is 0 Å². The first-order chi connectivity index (χ1) is 31.3. The van der Waals surface area contributed by atoms with Gasteiger partial charge >= 0.3 is 73.5 Å². The molecule has 4 N–H and O–H groups in total. The maximum absolute atomic E-state index is 12.5. The van der Waals surface area contributed by atoms with Gasteiger partial charge in [-0.25, -0.2) is 14.4 Å². The van der Waals surface area contributed by atoms with Gasteiger partial charge in [0.15, 0.2) is 0 Å². The molecule has 396 valence electrons. The highest BCUT2D eigenvalue weighted by molar-refractivity contribution is 9.10. The van der Waals surface area contributed by atoms with Gasteiger partial charge < -0.3 is 20.4 Å². The number of carboxylic acid groups (broad SMARTS) is 3. The van der Waals surface area contributed by atoms with Crippen molar-refractivity contribution in [3.05, 3.63) is 132 Å². The van der Waals surface area contributed by atoms with Gasteiger partial charge in [0.05, 0.1) is 66.8 Å². The van der Waals surface area contributed by atoms with E-state index in [9.17, 15) is 133 Å². The Kier molecular flexibility index (Phi) is 18.7. The predicted octanol–water partition coefficient (Wildman–Crippen LogP) is 15.5. The van der Waals surface area contributed by atoms with Crippen LogP contribution in [0.2, 0.25) is 0 Å². The molecule has 71 heavy (non-hydrogen) atoms. The minimum atomic E-state index is -5.87. The van der Waals surface area contributed by atoms with Crippen LogP contribution >= 0.6 is 15.9 Å². The van der Waals surface area contributed by atoms with Crippen LogP contribution in [0.15, 0.2) is 65.1 Å². The van der Waals surface area contributed by atoms with Crippen molar-refractivity contribution in [1.82, 2.24) is 0 Å². The molecule has 0 bridgehead atoms. The van der Waals surface area contributed by atoms with E-state index in [0.717, 1.165) is 12.1 Å². The first kappa shape index (κ1) is 62.7.